The van der Waals surface area contributed by atoms with Gasteiger partial charge < -0.3 is 4.57 Å². The predicted molar refractivity (Wildman–Crippen MR) is 66.7 cm³/mol. The maximum atomic E-state index is 4.38. The van der Waals surface area contributed by atoms with Crippen molar-refractivity contribution in [2.75, 3.05) is 0 Å². The van der Waals surface area contributed by atoms with Gasteiger partial charge >= 0.3 is 0 Å². The second-order valence-corrected chi connectivity index (χ2v) is 4.31. The molecule has 17 heavy (non-hydrogen) atoms. The molecule has 0 aliphatic carbocycles. The fraction of sp³-hybridized carbons (Fsp3) is 0.0833. The lowest BCUT2D eigenvalue weighted by molar-refractivity contribution is 0.787. The number of hydrogen-bond donors (Lipinski definition) is 0. The minimum atomic E-state index is 0.751. The molecule has 0 radical (unpaired) electrons. The van der Waals surface area contributed by atoms with E-state index in [9.17, 15) is 0 Å². The van der Waals surface area contributed by atoms with Gasteiger partial charge in [0, 0.05) is 35.7 Å². The van der Waals surface area contributed by atoms with Crippen molar-refractivity contribution >= 4 is 11.3 Å². The fourth-order valence-corrected chi connectivity index (χ4v) is 2.24. The Morgan fingerprint density at radius 1 is 1.12 bits per heavy atom. The van der Waals surface area contributed by atoms with Crippen molar-refractivity contribution in [3.05, 3.63) is 53.5 Å². The molecule has 0 saturated heterocycles. The van der Waals surface area contributed by atoms with Gasteiger partial charge in [0.25, 0.3) is 0 Å². The molecule has 0 saturated carbocycles. The third-order valence-electron chi connectivity index (χ3n) is 2.47. The largest absolute Gasteiger partial charge is 0.325 e. The molecule has 0 N–H and O–H groups in total. The van der Waals surface area contributed by atoms with Crippen molar-refractivity contribution in [1.29, 1.82) is 0 Å². The standard InChI is InChI=1S/C12H10N4S/c1-3-13-4-2-10(1)12-14-5-6-16(12)7-11-8-17-9-15-11/h1-6,8-9H,7H2. The summed E-state index contributed by atoms with van der Waals surface area (Å²) in [6.07, 6.45) is 7.33. The summed E-state index contributed by atoms with van der Waals surface area (Å²) in [6.45, 7) is 0.751. The van der Waals surface area contributed by atoms with Crippen molar-refractivity contribution in [1.82, 2.24) is 19.5 Å². The number of aromatic nitrogens is 4. The van der Waals surface area contributed by atoms with Gasteiger partial charge in [-0.15, -0.1) is 11.3 Å². The van der Waals surface area contributed by atoms with E-state index in [2.05, 4.69) is 24.9 Å². The summed E-state index contributed by atoms with van der Waals surface area (Å²) < 4.78 is 2.09. The van der Waals surface area contributed by atoms with E-state index in [-0.39, 0.29) is 0 Å². The molecule has 0 aliphatic rings. The van der Waals surface area contributed by atoms with Crippen molar-refractivity contribution in [2.24, 2.45) is 0 Å². The molecule has 0 aromatic carbocycles. The highest BCUT2D eigenvalue weighted by molar-refractivity contribution is 7.07. The van der Waals surface area contributed by atoms with Crippen LogP contribution in [-0.2, 0) is 6.54 Å². The molecule has 84 valence electrons. The minimum absolute atomic E-state index is 0.751. The van der Waals surface area contributed by atoms with Crippen molar-refractivity contribution in [3.63, 3.8) is 0 Å². The summed E-state index contributed by atoms with van der Waals surface area (Å²) in [7, 11) is 0. The van der Waals surface area contributed by atoms with E-state index in [1.54, 1.807) is 23.7 Å². The van der Waals surface area contributed by atoms with Crippen LogP contribution in [0.4, 0.5) is 0 Å². The summed E-state index contributed by atoms with van der Waals surface area (Å²) in [6, 6.07) is 3.92. The average Bonchev–Trinajstić information content (AvgIpc) is 3.02. The molecule has 0 amide bonds. The molecule has 0 unspecified atom stereocenters. The van der Waals surface area contributed by atoms with E-state index < -0.39 is 0 Å². The van der Waals surface area contributed by atoms with Gasteiger partial charge in [0.1, 0.15) is 5.82 Å². The number of hydrogen-bond acceptors (Lipinski definition) is 4. The van der Waals surface area contributed by atoms with Crippen LogP contribution >= 0.6 is 11.3 Å². The molecule has 4 nitrogen and oxygen atoms in total. The van der Waals surface area contributed by atoms with Gasteiger partial charge in [-0.25, -0.2) is 9.97 Å². The number of imidazole rings is 1. The normalized spacial score (nSPS) is 10.6. The van der Waals surface area contributed by atoms with Crippen LogP contribution in [0.15, 0.2) is 47.8 Å². The molecular formula is C12H10N4S. The van der Waals surface area contributed by atoms with Crippen LogP contribution in [0, 0.1) is 0 Å². The van der Waals surface area contributed by atoms with E-state index in [4.69, 9.17) is 0 Å². The van der Waals surface area contributed by atoms with E-state index in [0.29, 0.717) is 0 Å². The third-order valence-corrected chi connectivity index (χ3v) is 3.11. The van der Waals surface area contributed by atoms with Crippen LogP contribution in [0.25, 0.3) is 11.4 Å². The van der Waals surface area contributed by atoms with Crippen LogP contribution in [0.5, 0.6) is 0 Å². The highest BCUT2D eigenvalue weighted by Gasteiger charge is 2.06. The molecule has 0 aliphatic heterocycles. The van der Waals surface area contributed by atoms with E-state index >= 15 is 0 Å². The zero-order valence-electron chi connectivity index (χ0n) is 9.02. The first-order valence-electron chi connectivity index (χ1n) is 5.22. The van der Waals surface area contributed by atoms with E-state index in [1.165, 1.54) is 0 Å². The van der Waals surface area contributed by atoms with Crippen LogP contribution in [0.2, 0.25) is 0 Å². The van der Waals surface area contributed by atoms with Gasteiger partial charge in [0.05, 0.1) is 17.7 Å². The molecule has 3 aromatic heterocycles. The van der Waals surface area contributed by atoms with E-state index in [0.717, 1.165) is 23.6 Å². The van der Waals surface area contributed by atoms with Gasteiger partial charge in [-0.05, 0) is 12.1 Å². The minimum Gasteiger partial charge on any atom is -0.325 e. The maximum Gasteiger partial charge on any atom is 0.140 e. The summed E-state index contributed by atoms with van der Waals surface area (Å²) in [5, 5.41) is 2.05. The van der Waals surface area contributed by atoms with Crippen molar-refractivity contribution in [3.8, 4) is 11.4 Å². The molecule has 5 heteroatoms. The number of nitrogens with zero attached hydrogens (tertiary/aromatic N) is 4. The van der Waals surface area contributed by atoms with Crippen molar-refractivity contribution in [2.45, 2.75) is 6.54 Å². The first kappa shape index (κ1) is 10.2. The number of rotatable bonds is 3. The second kappa shape index (κ2) is 4.47. The Morgan fingerprint density at radius 2 is 2.00 bits per heavy atom. The third kappa shape index (κ3) is 2.09. The first-order chi connectivity index (χ1) is 8.43. The smallest absolute Gasteiger partial charge is 0.140 e. The van der Waals surface area contributed by atoms with Crippen molar-refractivity contribution < 1.29 is 0 Å². The topological polar surface area (TPSA) is 43.6 Å². The zero-order chi connectivity index (χ0) is 11.5. The highest BCUT2D eigenvalue weighted by atomic mass is 32.1. The Hall–Kier alpha value is -2.01. The van der Waals surface area contributed by atoms with Crippen LogP contribution in [-0.4, -0.2) is 19.5 Å². The lowest BCUT2D eigenvalue weighted by atomic mass is 10.2. The SMILES string of the molecule is c1cc(-c2nccn2Cc2cscn2)ccn1. The average molecular weight is 242 g/mol. The maximum absolute atomic E-state index is 4.38. The number of pyridine rings is 1. The Kier molecular flexibility index (Phi) is 2.67. The molecule has 0 fully saturated rings. The first-order valence-corrected chi connectivity index (χ1v) is 6.16. The molecule has 3 rings (SSSR count). The predicted octanol–water partition coefficient (Wildman–Crippen LogP) is 2.45. The monoisotopic (exact) mass is 242 g/mol. The van der Waals surface area contributed by atoms with Gasteiger partial charge in [-0.2, -0.15) is 0 Å². The zero-order valence-corrected chi connectivity index (χ0v) is 9.84. The van der Waals surface area contributed by atoms with Gasteiger partial charge in [-0.3, -0.25) is 4.98 Å². The molecule has 3 heterocycles. The summed E-state index contributed by atoms with van der Waals surface area (Å²) >= 11 is 1.61. The summed E-state index contributed by atoms with van der Waals surface area (Å²) in [5.41, 5.74) is 3.97. The number of thiazole rings is 1. The lowest BCUT2D eigenvalue weighted by Crippen LogP contribution is -2.01. The molecule has 0 spiro atoms. The van der Waals surface area contributed by atoms with Crippen LogP contribution in [0.1, 0.15) is 5.69 Å². The molecular weight excluding hydrogens is 232 g/mol. The second-order valence-electron chi connectivity index (χ2n) is 3.59. The van der Waals surface area contributed by atoms with Gasteiger partial charge in [-0.1, -0.05) is 0 Å². The Balaban J connectivity index is 1.95. The Morgan fingerprint density at radius 3 is 2.76 bits per heavy atom. The Labute approximate surface area is 103 Å². The highest BCUT2D eigenvalue weighted by Crippen LogP contribution is 2.17. The quantitative estimate of drug-likeness (QED) is 0.708. The van der Waals surface area contributed by atoms with Gasteiger partial charge in [0.15, 0.2) is 0 Å². The molecule has 0 atom stereocenters. The molecule has 3 aromatic rings. The fourth-order valence-electron chi connectivity index (χ4n) is 1.69. The van der Waals surface area contributed by atoms with Crippen LogP contribution in [0.3, 0.4) is 0 Å². The van der Waals surface area contributed by atoms with E-state index in [1.807, 2.05) is 30.0 Å². The molecule has 0 bridgehead atoms. The summed E-state index contributed by atoms with van der Waals surface area (Å²) in [5.74, 6) is 0.945. The summed E-state index contributed by atoms with van der Waals surface area (Å²) in [4.78, 5) is 12.7. The Bertz CT molecular complexity index is 586. The van der Waals surface area contributed by atoms with Crippen LogP contribution < -0.4 is 0 Å². The van der Waals surface area contributed by atoms with Gasteiger partial charge in [0.2, 0.25) is 0 Å². The lowest BCUT2D eigenvalue weighted by Gasteiger charge is -2.05.